The van der Waals surface area contributed by atoms with Crippen molar-refractivity contribution in [3.8, 4) is 5.75 Å². The molecule has 0 aromatic heterocycles. The molecule has 10 heteroatoms. The molecule has 3 rings (SSSR count). The van der Waals surface area contributed by atoms with Crippen molar-refractivity contribution in [2.75, 3.05) is 18.6 Å². The normalized spacial score (nSPS) is 15.6. The molecule has 0 aliphatic carbocycles. The maximum atomic E-state index is 13.1. The van der Waals surface area contributed by atoms with E-state index in [1.807, 2.05) is 25.1 Å². The Hall–Kier alpha value is -2.98. The number of thiocarbonyl (C=S) groups is 1. The molecular formula is C22H20F4N2O3S. The summed E-state index contributed by atoms with van der Waals surface area (Å²) in [6.07, 6.45) is -2.28. The third kappa shape index (κ3) is 5.25. The standard InChI is InChI=1S/C22H20F4N2O3S/c1-13-4-3-5-16(8-13)28-19(29)17(27-21(28)32)10-14-6-7-18(30-2)15(9-14)11-31-12-22(25,26)20(23)24/h3-10,20H,11-12H2,1-2H3,(H,27,32)/b17-10+. The molecule has 2 aromatic carbocycles. The second-order valence-corrected chi connectivity index (χ2v) is 7.48. The summed E-state index contributed by atoms with van der Waals surface area (Å²) in [7, 11) is 1.38. The Morgan fingerprint density at radius 2 is 1.97 bits per heavy atom. The van der Waals surface area contributed by atoms with E-state index in [9.17, 15) is 22.4 Å². The number of nitrogens with one attached hydrogen (secondary N) is 1. The Kier molecular flexibility index (Phi) is 7.15. The number of ether oxygens (including phenoxy) is 2. The van der Waals surface area contributed by atoms with Crippen molar-refractivity contribution in [2.45, 2.75) is 25.9 Å². The van der Waals surface area contributed by atoms with E-state index >= 15 is 0 Å². The molecule has 1 fully saturated rings. The number of carbonyl (C=O) groups is 1. The molecule has 0 spiro atoms. The van der Waals surface area contributed by atoms with Crippen LogP contribution in [-0.4, -0.2) is 37.1 Å². The summed E-state index contributed by atoms with van der Waals surface area (Å²) < 4.78 is 60.7. The van der Waals surface area contributed by atoms with Crippen LogP contribution < -0.4 is 15.0 Å². The zero-order chi connectivity index (χ0) is 23.5. The van der Waals surface area contributed by atoms with Gasteiger partial charge in [-0.3, -0.25) is 9.69 Å². The van der Waals surface area contributed by atoms with Gasteiger partial charge in [0, 0.05) is 5.56 Å². The van der Waals surface area contributed by atoms with Crippen LogP contribution in [0.2, 0.25) is 0 Å². The SMILES string of the molecule is COc1ccc(/C=C2/NC(=S)N(c3cccc(C)c3)C2=O)cc1COCC(F)(F)C(F)F. The van der Waals surface area contributed by atoms with Gasteiger partial charge in [-0.1, -0.05) is 18.2 Å². The number of nitrogens with zero attached hydrogens (tertiary/aromatic N) is 1. The lowest BCUT2D eigenvalue weighted by Crippen LogP contribution is -2.32. The minimum Gasteiger partial charge on any atom is -0.496 e. The van der Waals surface area contributed by atoms with Crippen molar-refractivity contribution in [1.82, 2.24) is 5.32 Å². The average Bonchev–Trinajstić information content (AvgIpc) is 3.01. The highest BCUT2D eigenvalue weighted by molar-refractivity contribution is 7.80. The zero-order valence-electron chi connectivity index (χ0n) is 17.2. The van der Waals surface area contributed by atoms with Crippen LogP contribution in [0.3, 0.4) is 0 Å². The smallest absolute Gasteiger partial charge is 0.330 e. The number of anilines is 1. The number of hydrogen-bond donors (Lipinski definition) is 1. The number of alkyl halides is 4. The van der Waals surface area contributed by atoms with Crippen molar-refractivity contribution < 1.29 is 31.8 Å². The predicted molar refractivity (Wildman–Crippen MR) is 116 cm³/mol. The first-order valence-corrected chi connectivity index (χ1v) is 9.87. The molecule has 170 valence electrons. The lowest BCUT2D eigenvalue weighted by atomic mass is 10.1. The van der Waals surface area contributed by atoms with Crippen molar-refractivity contribution >= 4 is 35.0 Å². The zero-order valence-corrected chi connectivity index (χ0v) is 18.0. The third-order valence-electron chi connectivity index (χ3n) is 4.62. The molecule has 0 radical (unpaired) electrons. The average molecular weight is 468 g/mol. The number of aryl methyl sites for hydroxylation is 1. The molecule has 0 saturated carbocycles. The van der Waals surface area contributed by atoms with Gasteiger partial charge in [0.2, 0.25) is 0 Å². The molecule has 5 nitrogen and oxygen atoms in total. The summed E-state index contributed by atoms with van der Waals surface area (Å²) in [6, 6.07) is 12.1. The first kappa shape index (κ1) is 23.7. The number of benzene rings is 2. The van der Waals surface area contributed by atoms with Gasteiger partial charge in [-0.2, -0.15) is 8.78 Å². The van der Waals surface area contributed by atoms with Gasteiger partial charge in [0.1, 0.15) is 18.1 Å². The molecule has 0 bridgehead atoms. The molecule has 1 amide bonds. The molecule has 1 heterocycles. The highest BCUT2D eigenvalue weighted by atomic mass is 32.1. The number of methoxy groups -OCH3 is 1. The molecule has 0 unspecified atom stereocenters. The topological polar surface area (TPSA) is 50.8 Å². The fraction of sp³-hybridized carbons (Fsp3) is 0.273. The third-order valence-corrected chi connectivity index (χ3v) is 4.91. The van der Waals surface area contributed by atoms with Crippen molar-refractivity contribution in [3.05, 3.63) is 64.9 Å². The van der Waals surface area contributed by atoms with E-state index in [0.717, 1.165) is 5.56 Å². The lowest BCUT2D eigenvalue weighted by Gasteiger charge is -2.16. The van der Waals surface area contributed by atoms with Crippen LogP contribution in [0.5, 0.6) is 5.75 Å². The largest absolute Gasteiger partial charge is 0.496 e. The second kappa shape index (κ2) is 9.66. The van der Waals surface area contributed by atoms with E-state index in [4.69, 9.17) is 21.7 Å². The van der Waals surface area contributed by atoms with Gasteiger partial charge in [-0.15, -0.1) is 0 Å². The van der Waals surface area contributed by atoms with Crippen LogP contribution in [0.25, 0.3) is 6.08 Å². The van der Waals surface area contributed by atoms with E-state index in [0.29, 0.717) is 22.6 Å². The Balaban J connectivity index is 1.80. The quantitative estimate of drug-likeness (QED) is 0.346. The van der Waals surface area contributed by atoms with Crippen LogP contribution in [0.4, 0.5) is 23.2 Å². The van der Waals surface area contributed by atoms with Gasteiger partial charge >= 0.3 is 12.3 Å². The molecule has 32 heavy (non-hydrogen) atoms. The number of halogens is 4. The number of rotatable bonds is 8. The summed E-state index contributed by atoms with van der Waals surface area (Å²) in [6.45, 7) is 0.0893. The molecule has 1 saturated heterocycles. The van der Waals surface area contributed by atoms with Gasteiger partial charge in [-0.05, 0) is 60.6 Å². The van der Waals surface area contributed by atoms with Gasteiger partial charge in [0.15, 0.2) is 5.11 Å². The molecular weight excluding hydrogens is 448 g/mol. The van der Waals surface area contributed by atoms with Gasteiger partial charge in [0.25, 0.3) is 5.91 Å². The highest BCUT2D eigenvalue weighted by Gasteiger charge is 2.41. The summed E-state index contributed by atoms with van der Waals surface area (Å²) in [5, 5.41) is 3.09. The van der Waals surface area contributed by atoms with E-state index in [1.54, 1.807) is 30.3 Å². The Morgan fingerprint density at radius 3 is 2.62 bits per heavy atom. The minimum absolute atomic E-state index is 0.220. The Labute approximate surface area is 187 Å². The fourth-order valence-corrected chi connectivity index (χ4v) is 3.36. The van der Waals surface area contributed by atoms with Crippen molar-refractivity contribution in [3.63, 3.8) is 0 Å². The summed E-state index contributed by atoms with van der Waals surface area (Å²) in [5.74, 6) is -4.27. The van der Waals surface area contributed by atoms with E-state index in [-0.39, 0.29) is 23.3 Å². The predicted octanol–water partition coefficient (Wildman–Crippen LogP) is 4.68. The Bertz CT molecular complexity index is 1060. The fourth-order valence-electron chi connectivity index (χ4n) is 3.06. The van der Waals surface area contributed by atoms with Gasteiger partial charge in [0.05, 0.1) is 19.4 Å². The minimum atomic E-state index is -4.25. The summed E-state index contributed by atoms with van der Waals surface area (Å²) in [4.78, 5) is 14.3. The van der Waals surface area contributed by atoms with Crippen molar-refractivity contribution in [2.24, 2.45) is 0 Å². The number of carbonyl (C=O) groups excluding carboxylic acids is 1. The lowest BCUT2D eigenvalue weighted by molar-refractivity contribution is -0.168. The van der Waals surface area contributed by atoms with E-state index in [2.05, 4.69) is 5.32 Å². The van der Waals surface area contributed by atoms with E-state index < -0.39 is 19.0 Å². The van der Waals surface area contributed by atoms with Gasteiger partial charge < -0.3 is 14.8 Å². The first-order valence-electron chi connectivity index (χ1n) is 9.47. The van der Waals surface area contributed by atoms with Crippen LogP contribution >= 0.6 is 12.2 Å². The second-order valence-electron chi connectivity index (χ2n) is 7.09. The van der Waals surface area contributed by atoms with Crippen LogP contribution in [0.1, 0.15) is 16.7 Å². The monoisotopic (exact) mass is 468 g/mol. The first-order chi connectivity index (χ1) is 15.1. The maximum absolute atomic E-state index is 13.1. The van der Waals surface area contributed by atoms with Crippen molar-refractivity contribution in [1.29, 1.82) is 0 Å². The van der Waals surface area contributed by atoms with Crippen LogP contribution in [0, 0.1) is 6.92 Å². The maximum Gasteiger partial charge on any atom is 0.330 e. The molecule has 1 aliphatic heterocycles. The number of hydrogen-bond acceptors (Lipinski definition) is 4. The highest BCUT2D eigenvalue weighted by Crippen LogP contribution is 2.27. The number of amides is 1. The Morgan fingerprint density at radius 1 is 1.22 bits per heavy atom. The summed E-state index contributed by atoms with van der Waals surface area (Å²) in [5.41, 5.74) is 2.70. The van der Waals surface area contributed by atoms with E-state index in [1.165, 1.54) is 12.0 Å². The molecule has 0 atom stereocenters. The molecule has 1 N–H and O–H groups in total. The molecule has 1 aliphatic rings. The van der Waals surface area contributed by atoms with Gasteiger partial charge in [-0.25, -0.2) is 8.78 Å². The van der Waals surface area contributed by atoms with Crippen LogP contribution in [0.15, 0.2) is 48.2 Å². The summed E-state index contributed by atoms with van der Waals surface area (Å²) >= 11 is 5.30. The molecule has 2 aromatic rings. The van der Waals surface area contributed by atoms with Crippen LogP contribution in [-0.2, 0) is 16.1 Å².